The standard InChI is InChI=1S/C16H23ClN6O3S/c1-3-10-11(17)20-12(19-10)13(25)18-9-4-6-23(7-5-9)15-22-21-14(27-15)16(2,26)8-24/h9,24,26H,3-8H2,1-2H3,(H,18,25)(H,19,20)/t16-/m0/s1. The van der Waals surface area contributed by atoms with Crippen LogP contribution in [0.1, 0.15) is 48.0 Å². The van der Waals surface area contributed by atoms with E-state index in [0.29, 0.717) is 34.8 Å². The van der Waals surface area contributed by atoms with E-state index in [0.717, 1.165) is 18.5 Å². The number of halogens is 1. The van der Waals surface area contributed by atoms with Crippen molar-refractivity contribution in [1.82, 2.24) is 25.5 Å². The van der Waals surface area contributed by atoms with Crippen LogP contribution in [0.25, 0.3) is 0 Å². The number of carbonyl (C=O) groups excluding carboxylic acids is 1. The highest BCUT2D eigenvalue weighted by Gasteiger charge is 2.29. The predicted molar refractivity (Wildman–Crippen MR) is 102 cm³/mol. The molecule has 1 amide bonds. The molecule has 9 nitrogen and oxygen atoms in total. The lowest BCUT2D eigenvalue weighted by molar-refractivity contribution is -0.00294. The molecule has 4 N–H and O–H groups in total. The maximum Gasteiger partial charge on any atom is 0.287 e. The minimum atomic E-state index is -1.39. The van der Waals surface area contributed by atoms with Crippen molar-refractivity contribution < 1.29 is 15.0 Å². The molecular weight excluding hydrogens is 392 g/mol. The number of anilines is 1. The van der Waals surface area contributed by atoms with Crippen LogP contribution in [-0.2, 0) is 12.0 Å². The minimum Gasteiger partial charge on any atom is -0.393 e. The van der Waals surface area contributed by atoms with Crippen LogP contribution in [0.3, 0.4) is 0 Å². The number of hydrogen-bond acceptors (Lipinski definition) is 8. The van der Waals surface area contributed by atoms with Crippen LogP contribution >= 0.6 is 22.9 Å². The van der Waals surface area contributed by atoms with Crippen LogP contribution in [0.4, 0.5) is 5.13 Å². The van der Waals surface area contributed by atoms with Crippen molar-refractivity contribution in [2.75, 3.05) is 24.6 Å². The molecule has 0 saturated carbocycles. The van der Waals surface area contributed by atoms with Gasteiger partial charge >= 0.3 is 0 Å². The van der Waals surface area contributed by atoms with Crippen molar-refractivity contribution in [1.29, 1.82) is 0 Å². The van der Waals surface area contributed by atoms with Crippen molar-refractivity contribution in [3.8, 4) is 0 Å². The molecule has 0 aliphatic carbocycles. The molecule has 0 unspecified atom stereocenters. The van der Waals surface area contributed by atoms with Gasteiger partial charge in [0.15, 0.2) is 16.0 Å². The Labute approximate surface area is 165 Å². The van der Waals surface area contributed by atoms with Gasteiger partial charge in [-0.3, -0.25) is 4.79 Å². The van der Waals surface area contributed by atoms with Gasteiger partial charge in [0, 0.05) is 19.1 Å². The number of H-pyrrole nitrogens is 1. The van der Waals surface area contributed by atoms with E-state index in [9.17, 15) is 15.0 Å². The Hall–Kier alpha value is -1.75. The second kappa shape index (κ2) is 8.09. The number of amides is 1. The van der Waals surface area contributed by atoms with Gasteiger partial charge in [-0.15, -0.1) is 10.2 Å². The normalized spacial score (nSPS) is 17.7. The van der Waals surface area contributed by atoms with E-state index in [-0.39, 0.29) is 17.8 Å². The first-order valence-electron chi connectivity index (χ1n) is 8.81. The molecule has 0 spiro atoms. The van der Waals surface area contributed by atoms with E-state index >= 15 is 0 Å². The highest BCUT2D eigenvalue weighted by molar-refractivity contribution is 7.15. The third-order valence-electron chi connectivity index (χ3n) is 4.58. The van der Waals surface area contributed by atoms with Crippen molar-refractivity contribution >= 4 is 34.0 Å². The Kier molecular flexibility index (Phi) is 5.99. The van der Waals surface area contributed by atoms with E-state index in [1.165, 1.54) is 18.3 Å². The third kappa shape index (κ3) is 4.40. The molecular formula is C16H23ClN6O3S. The molecule has 2 aromatic rings. The van der Waals surface area contributed by atoms with Gasteiger partial charge < -0.3 is 25.4 Å². The molecule has 1 atom stereocenters. The molecule has 3 rings (SSSR count). The monoisotopic (exact) mass is 414 g/mol. The summed E-state index contributed by atoms with van der Waals surface area (Å²) < 4.78 is 0. The summed E-state index contributed by atoms with van der Waals surface area (Å²) in [6.07, 6.45) is 2.20. The van der Waals surface area contributed by atoms with Gasteiger partial charge in [0.25, 0.3) is 5.91 Å². The van der Waals surface area contributed by atoms with Crippen molar-refractivity contribution in [3.05, 3.63) is 21.7 Å². The van der Waals surface area contributed by atoms with E-state index in [4.69, 9.17) is 11.6 Å². The average molecular weight is 415 g/mol. The fraction of sp³-hybridized carbons (Fsp3) is 0.625. The highest BCUT2D eigenvalue weighted by Crippen LogP contribution is 2.30. The first-order valence-corrected chi connectivity index (χ1v) is 10.0. The number of rotatable bonds is 6. The van der Waals surface area contributed by atoms with Crippen LogP contribution in [0.15, 0.2) is 0 Å². The van der Waals surface area contributed by atoms with Gasteiger partial charge in [-0.25, -0.2) is 4.98 Å². The number of aromatic amines is 1. The Morgan fingerprint density at radius 3 is 2.74 bits per heavy atom. The number of aromatic nitrogens is 4. The number of nitrogens with zero attached hydrogens (tertiary/aromatic N) is 4. The topological polar surface area (TPSA) is 127 Å². The molecule has 0 radical (unpaired) electrons. The Morgan fingerprint density at radius 1 is 1.44 bits per heavy atom. The van der Waals surface area contributed by atoms with Crippen LogP contribution in [-0.4, -0.2) is 62.0 Å². The molecule has 2 aromatic heterocycles. The molecule has 1 aliphatic rings. The molecule has 0 bridgehead atoms. The quantitative estimate of drug-likeness (QED) is 0.556. The first-order chi connectivity index (χ1) is 12.8. The number of aryl methyl sites for hydroxylation is 1. The van der Waals surface area contributed by atoms with Gasteiger partial charge in [-0.05, 0) is 26.2 Å². The fourth-order valence-electron chi connectivity index (χ4n) is 2.83. The second-order valence-corrected chi connectivity index (χ2v) is 8.08. The largest absolute Gasteiger partial charge is 0.393 e. The molecule has 11 heteroatoms. The summed E-state index contributed by atoms with van der Waals surface area (Å²) in [6.45, 7) is 4.45. The van der Waals surface area contributed by atoms with E-state index in [2.05, 4.69) is 30.4 Å². The zero-order valence-electron chi connectivity index (χ0n) is 15.2. The van der Waals surface area contributed by atoms with Gasteiger partial charge in [-0.2, -0.15) is 0 Å². The Balaban J connectivity index is 1.55. The number of piperidine rings is 1. The van der Waals surface area contributed by atoms with Crippen molar-refractivity contribution in [3.63, 3.8) is 0 Å². The summed E-state index contributed by atoms with van der Waals surface area (Å²) in [5.74, 6) is -0.0217. The molecule has 27 heavy (non-hydrogen) atoms. The van der Waals surface area contributed by atoms with Crippen molar-refractivity contribution in [2.45, 2.75) is 44.8 Å². The van der Waals surface area contributed by atoms with E-state index in [1.807, 2.05) is 6.92 Å². The van der Waals surface area contributed by atoms with Crippen LogP contribution in [0, 0.1) is 0 Å². The molecule has 148 valence electrons. The maximum atomic E-state index is 12.3. The molecule has 3 heterocycles. The maximum absolute atomic E-state index is 12.3. The van der Waals surface area contributed by atoms with Gasteiger partial charge in [0.1, 0.15) is 5.60 Å². The second-order valence-electron chi connectivity index (χ2n) is 6.76. The fourth-order valence-corrected chi connectivity index (χ4v) is 4.03. The van der Waals surface area contributed by atoms with Crippen molar-refractivity contribution in [2.24, 2.45) is 0 Å². The average Bonchev–Trinajstić information content (AvgIpc) is 3.29. The lowest BCUT2D eigenvalue weighted by atomic mass is 10.1. The number of carbonyl (C=O) groups is 1. The molecule has 1 fully saturated rings. The lowest BCUT2D eigenvalue weighted by Crippen LogP contribution is -2.45. The summed E-state index contributed by atoms with van der Waals surface area (Å²) in [6, 6.07) is 0.0376. The van der Waals surface area contributed by atoms with Crippen LogP contribution in [0.5, 0.6) is 0 Å². The number of hydrogen-bond donors (Lipinski definition) is 4. The van der Waals surface area contributed by atoms with Gasteiger partial charge in [0.05, 0.1) is 12.3 Å². The SMILES string of the molecule is CCc1[nH]c(C(=O)NC2CCN(c3nnc([C@@](C)(O)CO)s3)CC2)nc1Cl. The number of aliphatic hydroxyl groups is 2. The lowest BCUT2D eigenvalue weighted by Gasteiger charge is -2.31. The first kappa shape index (κ1) is 20.0. The molecule has 0 aromatic carbocycles. The van der Waals surface area contributed by atoms with Crippen LogP contribution < -0.4 is 10.2 Å². The van der Waals surface area contributed by atoms with Crippen LogP contribution in [0.2, 0.25) is 5.15 Å². The number of aliphatic hydroxyl groups excluding tert-OH is 1. The number of imidazole rings is 1. The Morgan fingerprint density at radius 2 is 2.15 bits per heavy atom. The molecule has 1 aliphatic heterocycles. The summed E-state index contributed by atoms with van der Waals surface area (Å²) >= 11 is 7.26. The predicted octanol–water partition coefficient (Wildman–Crippen LogP) is 1.08. The zero-order valence-corrected chi connectivity index (χ0v) is 16.8. The third-order valence-corrected chi connectivity index (χ3v) is 6.13. The minimum absolute atomic E-state index is 0.0376. The smallest absolute Gasteiger partial charge is 0.287 e. The molecule has 1 saturated heterocycles. The summed E-state index contributed by atoms with van der Waals surface area (Å²) in [4.78, 5) is 21.4. The Bertz CT molecular complexity index is 800. The van der Waals surface area contributed by atoms with Gasteiger partial charge in [-0.1, -0.05) is 29.9 Å². The highest BCUT2D eigenvalue weighted by atomic mass is 35.5. The summed E-state index contributed by atoms with van der Waals surface area (Å²) in [7, 11) is 0. The zero-order chi connectivity index (χ0) is 19.6. The summed E-state index contributed by atoms with van der Waals surface area (Å²) in [5.41, 5.74) is -0.633. The van der Waals surface area contributed by atoms with Gasteiger partial charge in [0.2, 0.25) is 5.13 Å². The van der Waals surface area contributed by atoms with E-state index in [1.54, 1.807) is 0 Å². The number of nitrogens with one attached hydrogen (secondary N) is 2. The summed E-state index contributed by atoms with van der Waals surface area (Å²) in [5, 5.41) is 31.8. The van der Waals surface area contributed by atoms with E-state index < -0.39 is 12.2 Å².